The molecule has 0 aromatic rings. The highest BCUT2D eigenvalue weighted by atomic mass is 16.3. The summed E-state index contributed by atoms with van der Waals surface area (Å²) in [5, 5.41) is 21.7. The van der Waals surface area contributed by atoms with Gasteiger partial charge in [-0.2, -0.15) is 0 Å². The summed E-state index contributed by atoms with van der Waals surface area (Å²) in [6, 6.07) is 0. The van der Waals surface area contributed by atoms with Crippen LogP contribution in [0, 0.1) is 46.3 Å². The van der Waals surface area contributed by atoms with Gasteiger partial charge in [0.2, 0.25) is 0 Å². The molecule has 0 aromatic carbocycles. The fourth-order valence-corrected chi connectivity index (χ4v) is 8.86. The van der Waals surface area contributed by atoms with Gasteiger partial charge in [0, 0.05) is 0 Å². The molecule has 3 fully saturated rings. The molecule has 2 nitrogen and oxygen atoms in total. The van der Waals surface area contributed by atoms with E-state index >= 15 is 0 Å². The van der Waals surface area contributed by atoms with Crippen LogP contribution in [0.2, 0.25) is 0 Å². The molecule has 0 saturated heterocycles. The molecule has 176 valence electrons. The topological polar surface area (TPSA) is 40.5 Å². The lowest BCUT2D eigenvalue weighted by Crippen LogP contribution is -2.60. The summed E-state index contributed by atoms with van der Waals surface area (Å²) in [4.78, 5) is 0. The zero-order valence-electron chi connectivity index (χ0n) is 21.1. The molecule has 0 radical (unpaired) electrons. The first kappa shape index (κ1) is 23.6. The summed E-state index contributed by atoms with van der Waals surface area (Å²) in [6.07, 6.45) is 12.5. The Balaban J connectivity index is 1.54. The minimum Gasteiger partial charge on any atom is -0.390 e. The van der Waals surface area contributed by atoms with Crippen LogP contribution in [0.4, 0.5) is 0 Å². The Labute approximate surface area is 191 Å². The average Bonchev–Trinajstić information content (AvgIpc) is 3.06. The van der Waals surface area contributed by atoms with E-state index in [1.807, 2.05) is 6.92 Å². The van der Waals surface area contributed by atoms with Crippen LogP contribution >= 0.6 is 0 Å². The number of hydrogen-bond acceptors (Lipinski definition) is 2. The Morgan fingerprint density at radius 1 is 1.03 bits per heavy atom. The van der Waals surface area contributed by atoms with E-state index in [9.17, 15) is 10.2 Å². The van der Waals surface area contributed by atoms with Crippen LogP contribution in [-0.4, -0.2) is 21.9 Å². The van der Waals surface area contributed by atoms with Gasteiger partial charge in [0.1, 0.15) is 0 Å². The van der Waals surface area contributed by atoms with Crippen molar-refractivity contribution in [3.63, 3.8) is 0 Å². The molecule has 0 bridgehead atoms. The highest BCUT2D eigenvalue weighted by Gasteiger charge is 2.61. The Hall–Kier alpha value is -0.600. The first-order valence-electron chi connectivity index (χ1n) is 13.2. The molecule has 4 rings (SSSR count). The molecule has 0 amide bonds. The Morgan fingerprint density at radius 3 is 2.35 bits per heavy atom. The van der Waals surface area contributed by atoms with Crippen molar-refractivity contribution < 1.29 is 10.2 Å². The Morgan fingerprint density at radius 2 is 1.68 bits per heavy atom. The lowest BCUT2D eigenvalue weighted by atomic mass is 9.45. The molecule has 0 spiro atoms. The molecule has 9 atom stereocenters. The summed E-state index contributed by atoms with van der Waals surface area (Å²) in [5.41, 5.74) is 2.76. The van der Waals surface area contributed by atoms with Gasteiger partial charge in [-0.1, -0.05) is 58.4 Å². The fraction of sp³-hybridized carbons (Fsp3) is 0.862. The number of fused-ring (bicyclic) bond motifs is 5. The second-order valence-electron chi connectivity index (χ2n) is 12.9. The molecular formula is C29H48O2. The number of aliphatic hydroxyl groups excluding tert-OH is 1. The van der Waals surface area contributed by atoms with Gasteiger partial charge in [0.25, 0.3) is 0 Å². The number of aliphatic hydroxyl groups is 2. The molecule has 2 N–H and O–H groups in total. The predicted octanol–water partition coefficient (Wildman–Crippen LogP) is 6.92. The fourth-order valence-electron chi connectivity index (χ4n) is 8.86. The lowest BCUT2D eigenvalue weighted by molar-refractivity contribution is -0.184. The van der Waals surface area contributed by atoms with E-state index in [0.717, 1.165) is 37.0 Å². The van der Waals surface area contributed by atoms with E-state index in [1.54, 1.807) is 5.57 Å². The van der Waals surface area contributed by atoms with Gasteiger partial charge in [-0.25, -0.2) is 0 Å². The molecule has 4 aliphatic carbocycles. The normalized spacial score (nSPS) is 47.9. The van der Waals surface area contributed by atoms with E-state index in [-0.39, 0.29) is 11.3 Å². The van der Waals surface area contributed by atoms with Gasteiger partial charge in [-0.05, 0) is 111 Å². The van der Waals surface area contributed by atoms with E-state index < -0.39 is 11.7 Å². The van der Waals surface area contributed by atoms with Crippen molar-refractivity contribution >= 4 is 0 Å². The third kappa shape index (κ3) is 3.59. The number of hydrogen-bond donors (Lipinski definition) is 2. The van der Waals surface area contributed by atoms with E-state index in [4.69, 9.17) is 0 Å². The highest BCUT2D eigenvalue weighted by Crippen LogP contribution is 2.67. The molecule has 0 aliphatic heterocycles. The number of allylic oxidation sites excluding steroid dienone is 3. The van der Waals surface area contributed by atoms with Crippen molar-refractivity contribution in [3.05, 3.63) is 23.8 Å². The second-order valence-corrected chi connectivity index (χ2v) is 12.9. The molecule has 0 aromatic heterocycles. The van der Waals surface area contributed by atoms with E-state index in [0.29, 0.717) is 17.3 Å². The summed E-state index contributed by atoms with van der Waals surface area (Å²) < 4.78 is 0. The zero-order valence-corrected chi connectivity index (χ0v) is 21.1. The second kappa shape index (κ2) is 8.01. The molecule has 0 unspecified atom stereocenters. The monoisotopic (exact) mass is 428 g/mol. The molecule has 2 heteroatoms. The molecule has 0 heterocycles. The third-order valence-electron chi connectivity index (χ3n) is 11.1. The largest absolute Gasteiger partial charge is 0.390 e. The standard InChI is InChI=1S/C29H48O2/c1-18(2)19(3)8-9-20(4)22-11-12-23-21-10-13-25-28(6,17-15-26(30)29(25,7)31)24(21)14-16-27(22,23)5/h10,18,20,22-26,30-31H,3,8-9,11-17H2,1-2,4-7H3/t20-,22-,23+,24+,25+,26+,27-,28-,29-/m1/s1. The lowest BCUT2D eigenvalue weighted by Gasteiger charge is -2.61. The molecule has 4 aliphatic rings. The van der Waals surface area contributed by atoms with Gasteiger partial charge < -0.3 is 10.2 Å². The Bertz CT molecular complexity index is 733. The minimum absolute atomic E-state index is 0.132. The van der Waals surface area contributed by atoms with Crippen LogP contribution in [0.3, 0.4) is 0 Å². The van der Waals surface area contributed by atoms with Crippen molar-refractivity contribution in [1.82, 2.24) is 0 Å². The number of rotatable bonds is 5. The van der Waals surface area contributed by atoms with Crippen LogP contribution < -0.4 is 0 Å². The van der Waals surface area contributed by atoms with Crippen molar-refractivity contribution in [1.29, 1.82) is 0 Å². The quantitative estimate of drug-likeness (QED) is 0.467. The van der Waals surface area contributed by atoms with Gasteiger partial charge in [0.05, 0.1) is 11.7 Å². The van der Waals surface area contributed by atoms with Gasteiger partial charge >= 0.3 is 0 Å². The van der Waals surface area contributed by atoms with Gasteiger partial charge in [-0.15, -0.1) is 0 Å². The maximum absolute atomic E-state index is 11.2. The maximum Gasteiger partial charge on any atom is 0.0913 e. The SMILES string of the molecule is C=C(CC[C@@H](C)[C@H]1CC[C@H]2C3=CC[C@@H]4[C@@](C)(O)[C@@H](O)CC[C@]4(C)[C@H]3CC[C@]12C)C(C)C. The van der Waals surface area contributed by atoms with Crippen LogP contribution in [0.5, 0.6) is 0 Å². The van der Waals surface area contributed by atoms with Gasteiger partial charge in [0.15, 0.2) is 0 Å². The molecular weight excluding hydrogens is 380 g/mol. The van der Waals surface area contributed by atoms with E-state index in [1.165, 1.54) is 44.1 Å². The summed E-state index contributed by atoms with van der Waals surface area (Å²) in [6.45, 7) is 18.3. The van der Waals surface area contributed by atoms with Crippen LogP contribution in [0.15, 0.2) is 23.8 Å². The van der Waals surface area contributed by atoms with Gasteiger partial charge in [-0.3, -0.25) is 0 Å². The van der Waals surface area contributed by atoms with Crippen molar-refractivity contribution in [3.8, 4) is 0 Å². The zero-order chi connectivity index (χ0) is 22.8. The first-order chi connectivity index (χ1) is 14.4. The first-order valence-corrected chi connectivity index (χ1v) is 13.2. The van der Waals surface area contributed by atoms with Crippen molar-refractivity contribution in [2.24, 2.45) is 46.3 Å². The minimum atomic E-state index is -0.957. The van der Waals surface area contributed by atoms with Crippen LogP contribution in [0.25, 0.3) is 0 Å². The van der Waals surface area contributed by atoms with Crippen LogP contribution in [0.1, 0.15) is 99.3 Å². The van der Waals surface area contributed by atoms with Crippen LogP contribution in [-0.2, 0) is 0 Å². The molecule has 31 heavy (non-hydrogen) atoms. The third-order valence-corrected chi connectivity index (χ3v) is 11.1. The maximum atomic E-state index is 11.2. The van der Waals surface area contributed by atoms with Crippen molar-refractivity contribution in [2.75, 3.05) is 0 Å². The van der Waals surface area contributed by atoms with E-state index in [2.05, 4.69) is 47.3 Å². The summed E-state index contributed by atoms with van der Waals surface area (Å²) in [5.74, 6) is 3.68. The molecule has 3 saturated carbocycles. The summed E-state index contributed by atoms with van der Waals surface area (Å²) in [7, 11) is 0. The smallest absolute Gasteiger partial charge is 0.0913 e. The Kier molecular flexibility index (Phi) is 6.09. The highest BCUT2D eigenvalue weighted by molar-refractivity contribution is 5.29. The average molecular weight is 429 g/mol. The summed E-state index contributed by atoms with van der Waals surface area (Å²) >= 11 is 0. The van der Waals surface area contributed by atoms with Crippen molar-refractivity contribution in [2.45, 2.75) is 111 Å². The predicted molar refractivity (Wildman–Crippen MR) is 130 cm³/mol.